The van der Waals surface area contributed by atoms with Gasteiger partial charge in [0, 0.05) is 6.54 Å². The van der Waals surface area contributed by atoms with Gasteiger partial charge >= 0.3 is 0 Å². The van der Waals surface area contributed by atoms with Crippen molar-refractivity contribution in [1.29, 1.82) is 5.26 Å². The maximum atomic E-state index is 15.1. The number of carbonyl (C=O) groups is 2. The van der Waals surface area contributed by atoms with Crippen LogP contribution in [0.3, 0.4) is 0 Å². The van der Waals surface area contributed by atoms with Crippen LogP contribution >= 0.6 is 0 Å². The molecule has 1 saturated carbocycles. The summed E-state index contributed by atoms with van der Waals surface area (Å²) < 4.78 is 15.1. The van der Waals surface area contributed by atoms with Crippen LogP contribution in [0, 0.1) is 35.9 Å². The average Bonchev–Trinajstić information content (AvgIpc) is 3.44. The average molecular weight is 433 g/mol. The van der Waals surface area contributed by atoms with E-state index in [2.05, 4.69) is 26.9 Å². The minimum atomic E-state index is -0.753. The van der Waals surface area contributed by atoms with Crippen LogP contribution in [0.1, 0.15) is 50.8 Å². The van der Waals surface area contributed by atoms with E-state index in [1.807, 2.05) is 0 Å². The number of nitrogens with one attached hydrogen (secondary N) is 2. The quantitative estimate of drug-likeness (QED) is 0.305. The van der Waals surface area contributed by atoms with Crippen molar-refractivity contribution in [1.82, 2.24) is 20.5 Å². The second kappa shape index (κ2) is 10.3. The highest BCUT2D eigenvalue weighted by Crippen LogP contribution is 2.31. The summed E-state index contributed by atoms with van der Waals surface area (Å²) in [6, 6.07) is 1.70. The summed E-state index contributed by atoms with van der Waals surface area (Å²) >= 11 is 0. The molecule has 3 N–H and O–H groups in total. The summed E-state index contributed by atoms with van der Waals surface area (Å²) in [7, 11) is 0. The van der Waals surface area contributed by atoms with E-state index < -0.39 is 23.7 Å². The van der Waals surface area contributed by atoms with Gasteiger partial charge in [0.2, 0.25) is 18.1 Å². The zero-order valence-corrected chi connectivity index (χ0v) is 17.6. The summed E-state index contributed by atoms with van der Waals surface area (Å²) in [5.41, 5.74) is 4.98. The van der Waals surface area contributed by atoms with E-state index in [0.29, 0.717) is 36.2 Å². The first kappa shape index (κ1) is 22.7. The molecule has 1 aromatic heterocycles. The molecule has 1 aromatic rings. The predicted octanol–water partition coefficient (Wildman–Crippen LogP) is 1.90. The number of amides is 2. The molecule has 2 atom stereocenters. The SMILES string of the molecule is Cc1nc(NNC(=O)[C@H](CC2CCCC2)CN(O)C=O)c(F)c(N2CCC[C@H]2C#N)n1. The molecule has 11 heteroatoms. The Labute approximate surface area is 180 Å². The highest BCUT2D eigenvalue weighted by molar-refractivity contribution is 5.80. The van der Waals surface area contributed by atoms with Gasteiger partial charge in [-0.1, -0.05) is 25.7 Å². The molecule has 3 rings (SSSR count). The predicted molar refractivity (Wildman–Crippen MR) is 109 cm³/mol. The van der Waals surface area contributed by atoms with Crippen LogP contribution in [-0.4, -0.2) is 51.7 Å². The number of anilines is 2. The zero-order chi connectivity index (χ0) is 22.4. The highest BCUT2D eigenvalue weighted by atomic mass is 19.1. The van der Waals surface area contributed by atoms with Crippen LogP contribution in [0.5, 0.6) is 0 Å². The minimum Gasteiger partial charge on any atom is -0.338 e. The molecule has 1 aliphatic carbocycles. The number of nitriles is 1. The van der Waals surface area contributed by atoms with Crippen molar-refractivity contribution in [2.75, 3.05) is 23.4 Å². The monoisotopic (exact) mass is 433 g/mol. The molecule has 31 heavy (non-hydrogen) atoms. The molecule has 0 spiro atoms. The molecule has 2 heterocycles. The van der Waals surface area contributed by atoms with Crippen molar-refractivity contribution in [3.8, 4) is 6.07 Å². The smallest absolute Gasteiger partial charge is 0.243 e. The number of rotatable bonds is 9. The lowest BCUT2D eigenvalue weighted by molar-refractivity contribution is -0.154. The molecule has 0 aromatic carbocycles. The van der Waals surface area contributed by atoms with Gasteiger partial charge in [-0.15, -0.1) is 0 Å². The van der Waals surface area contributed by atoms with Crippen LogP contribution in [-0.2, 0) is 9.59 Å². The van der Waals surface area contributed by atoms with Crippen LogP contribution in [0.15, 0.2) is 0 Å². The molecule has 0 radical (unpaired) electrons. The van der Waals surface area contributed by atoms with Crippen LogP contribution in [0.4, 0.5) is 16.0 Å². The minimum absolute atomic E-state index is 0.0262. The largest absolute Gasteiger partial charge is 0.338 e. The molecule has 0 unspecified atom stereocenters. The number of hydrogen-bond donors (Lipinski definition) is 3. The van der Waals surface area contributed by atoms with E-state index in [1.165, 1.54) is 0 Å². The van der Waals surface area contributed by atoms with Gasteiger partial charge < -0.3 is 4.90 Å². The van der Waals surface area contributed by atoms with Crippen molar-refractivity contribution in [2.24, 2.45) is 11.8 Å². The molecular weight excluding hydrogens is 405 g/mol. The van der Waals surface area contributed by atoms with Gasteiger partial charge in [-0.2, -0.15) is 9.65 Å². The van der Waals surface area contributed by atoms with Gasteiger partial charge in [0.15, 0.2) is 11.6 Å². The van der Waals surface area contributed by atoms with E-state index in [4.69, 9.17) is 0 Å². The number of aromatic nitrogens is 2. The molecule has 1 saturated heterocycles. The lowest BCUT2D eigenvalue weighted by atomic mass is 9.92. The first-order valence-corrected chi connectivity index (χ1v) is 10.6. The Kier molecular flexibility index (Phi) is 7.57. The Morgan fingerprint density at radius 2 is 2.13 bits per heavy atom. The van der Waals surface area contributed by atoms with Gasteiger partial charge in [0.1, 0.15) is 11.9 Å². The summed E-state index contributed by atoms with van der Waals surface area (Å²) in [5.74, 6) is -1.41. The van der Waals surface area contributed by atoms with E-state index >= 15 is 4.39 Å². The molecule has 2 amide bonds. The first-order chi connectivity index (χ1) is 14.9. The van der Waals surface area contributed by atoms with Gasteiger partial charge in [-0.3, -0.25) is 25.6 Å². The van der Waals surface area contributed by atoms with Crippen molar-refractivity contribution in [3.05, 3.63) is 11.6 Å². The third kappa shape index (κ3) is 5.58. The molecule has 2 fully saturated rings. The Hall–Kier alpha value is -3.00. The fraction of sp³-hybridized carbons (Fsp3) is 0.650. The van der Waals surface area contributed by atoms with E-state index in [0.717, 1.165) is 32.1 Å². The number of hydroxylamine groups is 2. The third-order valence-electron chi connectivity index (χ3n) is 5.92. The van der Waals surface area contributed by atoms with Gasteiger partial charge in [-0.05, 0) is 32.1 Å². The number of aryl methyl sites for hydroxylation is 1. The topological polar surface area (TPSA) is 134 Å². The van der Waals surface area contributed by atoms with Crippen molar-refractivity contribution < 1.29 is 19.2 Å². The van der Waals surface area contributed by atoms with Crippen LogP contribution in [0.25, 0.3) is 0 Å². The Morgan fingerprint density at radius 3 is 2.81 bits per heavy atom. The number of hydrogen-bond acceptors (Lipinski definition) is 8. The first-order valence-electron chi connectivity index (χ1n) is 10.6. The Morgan fingerprint density at radius 1 is 1.39 bits per heavy atom. The van der Waals surface area contributed by atoms with Crippen LogP contribution in [0.2, 0.25) is 0 Å². The molecule has 0 bridgehead atoms. The molecule has 1 aliphatic heterocycles. The number of halogens is 1. The van der Waals surface area contributed by atoms with Crippen LogP contribution < -0.4 is 15.8 Å². The molecule has 10 nitrogen and oxygen atoms in total. The normalized spacial score (nSPS) is 19.7. The Balaban J connectivity index is 1.71. The maximum absolute atomic E-state index is 15.1. The number of carbonyl (C=O) groups excluding carboxylic acids is 2. The Bertz CT molecular complexity index is 841. The van der Waals surface area contributed by atoms with Gasteiger partial charge in [0.25, 0.3) is 0 Å². The summed E-state index contributed by atoms with van der Waals surface area (Å²) in [6.07, 6.45) is 6.37. The van der Waals surface area contributed by atoms with E-state index in [-0.39, 0.29) is 24.6 Å². The number of nitrogens with zero attached hydrogens (tertiary/aromatic N) is 5. The molecular formula is C20H28FN7O3. The lowest BCUT2D eigenvalue weighted by Gasteiger charge is -2.24. The zero-order valence-electron chi connectivity index (χ0n) is 17.6. The van der Waals surface area contributed by atoms with E-state index in [1.54, 1.807) is 11.8 Å². The summed E-state index contributed by atoms with van der Waals surface area (Å²) in [4.78, 5) is 33.3. The second-order valence-corrected chi connectivity index (χ2v) is 8.16. The highest BCUT2D eigenvalue weighted by Gasteiger charge is 2.30. The number of hydrazine groups is 1. The van der Waals surface area contributed by atoms with Crippen molar-refractivity contribution in [2.45, 2.75) is 57.9 Å². The third-order valence-corrected chi connectivity index (χ3v) is 5.92. The van der Waals surface area contributed by atoms with Crippen molar-refractivity contribution >= 4 is 24.0 Å². The summed E-state index contributed by atoms with van der Waals surface area (Å²) in [5, 5.41) is 19.3. The summed E-state index contributed by atoms with van der Waals surface area (Å²) in [6.45, 7) is 1.96. The standard InChI is InChI=1S/C20H28FN7O3/c1-13-23-18(17(21)19(24-13)28-8-4-7-16(28)10-22)25-26-20(30)15(11-27(31)12-29)9-14-5-2-3-6-14/h12,14-16,31H,2-9,11H2,1H3,(H,26,30)(H,23,24,25)/t15-,16+/m1/s1. The fourth-order valence-electron chi connectivity index (χ4n) is 4.38. The molecule has 168 valence electrons. The van der Waals surface area contributed by atoms with Gasteiger partial charge in [0.05, 0.1) is 18.5 Å². The second-order valence-electron chi connectivity index (χ2n) is 8.16. The van der Waals surface area contributed by atoms with E-state index in [9.17, 15) is 20.1 Å². The van der Waals surface area contributed by atoms with Crippen molar-refractivity contribution in [3.63, 3.8) is 0 Å². The fourth-order valence-corrected chi connectivity index (χ4v) is 4.38. The lowest BCUT2D eigenvalue weighted by Crippen LogP contribution is -2.41. The molecule has 2 aliphatic rings. The van der Waals surface area contributed by atoms with Gasteiger partial charge in [-0.25, -0.2) is 15.0 Å². The maximum Gasteiger partial charge on any atom is 0.243 e.